The van der Waals surface area contributed by atoms with Crippen LogP contribution in [0.4, 0.5) is 0 Å². The van der Waals surface area contributed by atoms with Gasteiger partial charge in [0.05, 0.1) is 23.6 Å². The first-order valence-electron chi connectivity index (χ1n) is 7.98. The fraction of sp³-hybridized carbons (Fsp3) is 0.263. The van der Waals surface area contributed by atoms with Crippen molar-refractivity contribution in [3.05, 3.63) is 65.0 Å². The summed E-state index contributed by atoms with van der Waals surface area (Å²) in [5.74, 6) is 0.740. The molecule has 2 aromatic carbocycles. The molecule has 1 amide bonds. The van der Waals surface area contributed by atoms with Crippen molar-refractivity contribution in [1.82, 2.24) is 15.3 Å². The summed E-state index contributed by atoms with van der Waals surface area (Å²) in [6, 6.07) is 13.4. The van der Waals surface area contributed by atoms with Crippen LogP contribution in [0.15, 0.2) is 42.5 Å². The van der Waals surface area contributed by atoms with E-state index < -0.39 is 6.10 Å². The lowest BCUT2D eigenvalue weighted by Crippen LogP contribution is -2.29. The smallest absolute Gasteiger partial charge is 0.224 e. The van der Waals surface area contributed by atoms with Gasteiger partial charge in [0, 0.05) is 6.54 Å². The van der Waals surface area contributed by atoms with Crippen molar-refractivity contribution in [2.75, 3.05) is 6.54 Å². The number of hydrogen-bond donors (Lipinski definition) is 3. The highest BCUT2D eigenvalue weighted by atomic mass is 16.3. The third-order valence-corrected chi connectivity index (χ3v) is 3.98. The van der Waals surface area contributed by atoms with E-state index in [1.165, 1.54) is 0 Å². The van der Waals surface area contributed by atoms with E-state index in [1.807, 2.05) is 56.3 Å². The zero-order valence-corrected chi connectivity index (χ0v) is 13.8. The van der Waals surface area contributed by atoms with Crippen LogP contribution in [0.25, 0.3) is 11.0 Å². The van der Waals surface area contributed by atoms with Gasteiger partial charge in [0.2, 0.25) is 5.91 Å². The second-order valence-corrected chi connectivity index (χ2v) is 6.08. The van der Waals surface area contributed by atoms with E-state index in [1.54, 1.807) is 0 Å². The molecule has 1 heterocycles. The summed E-state index contributed by atoms with van der Waals surface area (Å²) < 4.78 is 0. The number of aromatic nitrogens is 2. The molecule has 0 saturated carbocycles. The van der Waals surface area contributed by atoms with Gasteiger partial charge in [-0.05, 0) is 37.1 Å². The van der Waals surface area contributed by atoms with E-state index >= 15 is 0 Å². The maximum absolute atomic E-state index is 12.1. The number of nitrogens with one attached hydrogen (secondary N) is 2. The minimum absolute atomic E-state index is 0.114. The molecule has 124 valence electrons. The number of aromatic amines is 1. The number of carbonyl (C=O) groups is 1. The molecular weight excluding hydrogens is 302 g/mol. The van der Waals surface area contributed by atoms with E-state index in [9.17, 15) is 9.90 Å². The largest absolute Gasteiger partial charge is 0.387 e. The molecule has 0 radical (unpaired) electrons. The fourth-order valence-electron chi connectivity index (χ4n) is 2.66. The van der Waals surface area contributed by atoms with Crippen LogP contribution >= 0.6 is 0 Å². The average Bonchev–Trinajstić information content (AvgIpc) is 2.92. The summed E-state index contributed by atoms with van der Waals surface area (Å²) in [7, 11) is 0. The topological polar surface area (TPSA) is 78.0 Å². The Morgan fingerprint density at radius 1 is 1.21 bits per heavy atom. The van der Waals surface area contributed by atoms with Crippen molar-refractivity contribution in [2.24, 2.45) is 0 Å². The number of rotatable bonds is 5. The summed E-state index contributed by atoms with van der Waals surface area (Å²) >= 11 is 0. The molecule has 1 atom stereocenters. The van der Waals surface area contributed by atoms with Crippen molar-refractivity contribution in [3.8, 4) is 0 Å². The van der Waals surface area contributed by atoms with E-state index in [4.69, 9.17) is 0 Å². The Kier molecular flexibility index (Phi) is 4.62. The Labute approximate surface area is 140 Å². The van der Waals surface area contributed by atoms with Crippen LogP contribution in [0.3, 0.4) is 0 Å². The molecular formula is C19H21N3O2. The first-order valence-corrected chi connectivity index (χ1v) is 7.98. The minimum atomic E-state index is -0.702. The zero-order valence-electron chi connectivity index (χ0n) is 13.8. The molecule has 3 aromatic rings. The SMILES string of the molecule is Cc1ccc([C@@H](O)CNC(=O)Cc2ccc3nc(C)[nH]c3c2)cc1. The summed E-state index contributed by atoms with van der Waals surface area (Å²) in [5, 5.41) is 12.9. The van der Waals surface area contributed by atoms with Crippen LogP contribution < -0.4 is 5.32 Å². The number of carbonyl (C=O) groups excluding carboxylic acids is 1. The van der Waals surface area contributed by atoms with Gasteiger partial charge in [-0.25, -0.2) is 4.98 Å². The molecule has 3 N–H and O–H groups in total. The quantitative estimate of drug-likeness (QED) is 0.675. The molecule has 5 heteroatoms. The Morgan fingerprint density at radius 3 is 2.71 bits per heavy atom. The van der Waals surface area contributed by atoms with Crippen molar-refractivity contribution in [2.45, 2.75) is 26.4 Å². The third kappa shape index (κ3) is 3.81. The predicted molar refractivity (Wildman–Crippen MR) is 93.7 cm³/mol. The van der Waals surface area contributed by atoms with Crippen molar-refractivity contribution in [1.29, 1.82) is 0 Å². The van der Waals surface area contributed by atoms with Gasteiger partial charge in [0.1, 0.15) is 5.82 Å². The van der Waals surface area contributed by atoms with Gasteiger partial charge in [-0.3, -0.25) is 4.79 Å². The zero-order chi connectivity index (χ0) is 17.1. The Morgan fingerprint density at radius 2 is 1.96 bits per heavy atom. The number of benzene rings is 2. The minimum Gasteiger partial charge on any atom is -0.387 e. The lowest BCUT2D eigenvalue weighted by Gasteiger charge is -2.12. The maximum atomic E-state index is 12.1. The number of imidazole rings is 1. The van der Waals surface area contributed by atoms with Gasteiger partial charge >= 0.3 is 0 Å². The maximum Gasteiger partial charge on any atom is 0.224 e. The molecule has 24 heavy (non-hydrogen) atoms. The number of nitrogens with zero attached hydrogens (tertiary/aromatic N) is 1. The van der Waals surface area contributed by atoms with Crippen LogP contribution in [0, 0.1) is 13.8 Å². The molecule has 0 saturated heterocycles. The molecule has 0 fully saturated rings. The second kappa shape index (κ2) is 6.84. The predicted octanol–water partition coefficient (Wildman–Crippen LogP) is 2.57. The van der Waals surface area contributed by atoms with Crippen molar-refractivity contribution in [3.63, 3.8) is 0 Å². The molecule has 0 spiro atoms. The molecule has 0 aliphatic carbocycles. The number of aliphatic hydroxyl groups is 1. The summed E-state index contributed by atoms with van der Waals surface area (Å²) in [6.45, 7) is 4.10. The molecule has 3 rings (SSSR count). The normalized spacial score (nSPS) is 12.3. The first kappa shape index (κ1) is 16.2. The van der Waals surface area contributed by atoms with E-state index in [-0.39, 0.29) is 18.9 Å². The van der Waals surface area contributed by atoms with Crippen LogP contribution in [0.2, 0.25) is 0 Å². The van der Waals surface area contributed by atoms with Crippen molar-refractivity contribution >= 4 is 16.9 Å². The molecule has 0 unspecified atom stereocenters. The highest BCUT2D eigenvalue weighted by molar-refractivity contribution is 5.81. The van der Waals surface area contributed by atoms with Gasteiger partial charge in [-0.15, -0.1) is 0 Å². The van der Waals surface area contributed by atoms with Gasteiger partial charge in [-0.1, -0.05) is 35.9 Å². The van der Waals surface area contributed by atoms with Gasteiger partial charge in [0.25, 0.3) is 0 Å². The Balaban J connectivity index is 1.57. The standard InChI is InChI=1S/C19H21N3O2/c1-12-3-6-15(7-4-12)18(23)11-20-19(24)10-14-5-8-16-17(9-14)22-13(2)21-16/h3-9,18,23H,10-11H2,1-2H3,(H,20,24)(H,21,22)/t18-/m0/s1. The number of fused-ring (bicyclic) bond motifs is 1. The second-order valence-electron chi connectivity index (χ2n) is 6.08. The lowest BCUT2D eigenvalue weighted by molar-refractivity contribution is -0.120. The summed E-state index contributed by atoms with van der Waals surface area (Å²) in [4.78, 5) is 19.6. The summed E-state index contributed by atoms with van der Waals surface area (Å²) in [6.07, 6.45) is -0.429. The summed E-state index contributed by atoms with van der Waals surface area (Å²) in [5.41, 5.74) is 4.67. The van der Waals surface area contributed by atoms with Crippen LogP contribution in [-0.4, -0.2) is 27.5 Å². The molecule has 0 bridgehead atoms. The monoisotopic (exact) mass is 323 g/mol. The van der Waals surface area contributed by atoms with E-state index in [2.05, 4.69) is 15.3 Å². The average molecular weight is 323 g/mol. The van der Waals surface area contributed by atoms with Crippen LogP contribution in [-0.2, 0) is 11.2 Å². The van der Waals surface area contributed by atoms with Crippen LogP contribution in [0.1, 0.15) is 28.6 Å². The number of hydrogen-bond acceptors (Lipinski definition) is 3. The van der Waals surface area contributed by atoms with Gasteiger partial charge in [0.15, 0.2) is 0 Å². The Bertz CT molecular complexity index is 853. The highest BCUT2D eigenvalue weighted by Gasteiger charge is 2.10. The fourth-order valence-corrected chi connectivity index (χ4v) is 2.66. The molecule has 0 aliphatic heterocycles. The highest BCUT2D eigenvalue weighted by Crippen LogP contribution is 2.15. The molecule has 5 nitrogen and oxygen atoms in total. The number of aliphatic hydroxyl groups excluding tert-OH is 1. The first-order chi connectivity index (χ1) is 11.5. The molecule has 0 aliphatic rings. The lowest BCUT2D eigenvalue weighted by atomic mass is 10.1. The molecule has 1 aromatic heterocycles. The number of H-pyrrole nitrogens is 1. The van der Waals surface area contributed by atoms with E-state index in [0.29, 0.717) is 0 Å². The van der Waals surface area contributed by atoms with Gasteiger partial charge < -0.3 is 15.4 Å². The number of aryl methyl sites for hydroxylation is 2. The van der Waals surface area contributed by atoms with Crippen molar-refractivity contribution < 1.29 is 9.90 Å². The third-order valence-electron chi connectivity index (χ3n) is 3.98. The Hall–Kier alpha value is -2.66. The van der Waals surface area contributed by atoms with Gasteiger partial charge in [-0.2, -0.15) is 0 Å². The van der Waals surface area contributed by atoms with Crippen LogP contribution in [0.5, 0.6) is 0 Å². The van der Waals surface area contributed by atoms with E-state index in [0.717, 1.165) is 33.5 Å². The number of amides is 1.